The Balaban J connectivity index is 2.37. The fourth-order valence-corrected chi connectivity index (χ4v) is 2.82. The van der Waals surface area contributed by atoms with Crippen LogP contribution in [0.25, 0.3) is 0 Å². The second kappa shape index (κ2) is 6.09. The highest BCUT2D eigenvalue weighted by Crippen LogP contribution is 2.33. The minimum atomic E-state index is -1.34. The number of nitrogens with zero attached hydrogens (tertiary/aromatic N) is 1. The molecule has 0 aliphatic heterocycles. The molecule has 5 nitrogen and oxygen atoms in total. The summed E-state index contributed by atoms with van der Waals surface area (Å²) in [7, 11) is 0. The number of aliphatic hydroxyl groups is 1. The SMILES string of the molecule is Nc1cc(C(=O)O)c(F)cc1N(CCO)C1CCCC1. The van der Waals surface area contributed by atoms with Gasteiger partial charge in [0, 0.05) is 18.7 Å². The van der Waals surface area contributed by atoms with Crippen molar-refractivity contribution in [2.45, 2.75) is 31.7 Å². The van der Waals surface area contributed by atoms with Gasteiger partial charge in [0.05, 0.1) is 23.5 Å². The van der Waals surface area contributed by atoms with Crippen molar-refractivity contribution in [3.63, 3.8) is 0 Å². The number of halogens is 1. The van der Waals surface area contributed by atoms with Gasteiger partial charge < -0.3 is 20.8 Å². The number of hydrogen-bond acceptors (Lipinski definition) is 4. The Morgan fingerprint density at radius 3 is 2.60 bits per heavy atom. The average molecular weight is 282 g/mol. The third-order valence-corrected chi connectivity index (χ3v) is 3.76. The van der Waals surface area contributed by atoms with E-state index in [1.807, 2.05) is 4.90 Å². The third kappa shape index (κ3) is 2.85. The van der Waals surface area contributed by atoms with Gasteiger partial charge in [-0.2, -0.15) is 0 Å². The first kappa shape index (κ1) is 14.6. The lowest BCUT2D eigenvalue weighted by molar-refractivity contribution is 0.0692. The summed E-state index contributed by atoms with van der Waals surface area (Å²) >= 11 is 0. The zero-order chi connectivity index (χ0) is 14.7. The van der Waals surface area contributed by atoms with Crippen molar-refractivity contribution in [2.75, 3.05) is 23.8 Å². The Labute approximate surface area is 116 Å². The Hall–Kier alpha value is -1.82. The van der Waals surface area contributed by atoms with Crippen molar-refractivity contribution in [3.05, 3.63) is 23.5 Å². The summed E-state index contributed by atoms with van der Waals surface area (Å²) in [4.78, 5) is 12.8. The number of hydrogen-bond donors (Lipinski definition) is 3. The highest BCUT2D eigenvalue weighted by molar-refractivity contribution is 5.91. The molecular formula is C14H19FN2O3. The van der Waals surface area contributed by atoms with E-state index in [9.17, 15) is 14.3 Å². The molecule has 20 heavy (non-hydrogen) atoms. The second-order valence-electron chi connectivity index (χ2n) is 5.05. The molecule has 4 N–H and O–H groups in total. The first-order chi connectivity index (χ1) is 9.54. The lowest BCUT2D eigenvalue weighted by Crippen LogP contribution is -2.36. The van der Waals surface area contributed by atoms with Gasteiger partial charge in [-0.25, -0.2) is 9.18 Å². The van der Waals surface area contributed by atoms with Crippen molar-refractivity contribution in [3.8, 4) is 0 Å². The maximum atomic E-state index is 13.8. The van der Waals surface area contributed by atoms with Crippen LogP contribution in [-0.4, -0.2) is 35.4 Å². The van der Waals surface area contributed by atoms with Gasteiger partial charge in [-0.15, -0.1) is 0 Å². The van der Waals surface area contributed by atoms with Crippen LogP contribution in [0.3, 0.4) is 0 Å². The lowest BCUT2D eigenvalue weighted by atomic mass is 10.1. The number of anilines is 2. The van der Waals surface area contributed by atoms with E-state index in [2.05, 4.69) is 0 Å². The molecule has 0 amide bonds. The molecule has 0 unspecified atom stereocenters. The molecule has 6 heteroatoms. The van der Waals surface area contributed by atoms with E-state index in [1.54, 1.807) is 0 Å². The molecule has 0 heterocycles. The van der Waals surface area contributed by atoms with E-state index < -0.39 is 17.3 Å². The van der Waals surface area contributed by atoms with Gasteiger partial charge in [0.25, 0.3) is 0 Å². The van der Waals surface area contributed by atoms with Crippen molar-refractivity contribution < 1.29 is 19.4 Å². The Bertz CT molecular complexity index is 501. The zero-order valence-electron chi connectivity index (χ0n) is 11.2. The molecule has 0 saturated heterocycles. The summed E-state index contributed by atoms with van der Waals surface area (Å²) in [5, 5.41) is 18.1. The number of aromatic carboxylic acids is 1. The van der Waals surface area contributed by atoms with Crippen LogP contribution in [-0.2, 0) is 0 Å². The predicted molar refractivity (Wildman–Crippen MR) is 74.5 cm³/mol. The normalized spacial score (nSPS) is 15.5. The molecule has 1 fully saturated rings. The highest BCUT2D eigenvalue weighted by Gasteiger charge is 2.25. The molecule has 1 aromatic rings. The molecule has 1 aromatic carbocycles. The largest absolute Gasteiger partial charge is 0.478 e. The van der Waals surface area contributed by atoms with Crippen molar-refractivity contribution >= 4 is 17.3 Å². The molecule has 2 rings (SSSR count). The number of benzene rings is 1. The minimum Gasteiger partial charge on any atom is -0.478 e. The monoisotopic (exact) mass is 282 g/mol. The zero-order valence-corrected chi connectivity index (χ0v) is 11.2. The molecule has 0 atom stereocenters. The number of carbonyl (C=O) groups is 1. The molecule has 1 saturated carbocycles. The number of rotatable bonds is 5. The summed E-state index contributed by atoms with van der Waals surface area (Å²) in [5.74, 6) is -2.14. The Kier molecular flexibility index (Phi) is 4.44. The molecule has 1 aliphatic rings. The van der Waals surface area contributed by atoms with Crippen molar-refractivity contribution in [2.24, 2.45) is 0 Å². The van der Waals surface area contributed by atoms with Crippen LogP contribution in [0.5, 0.6) is 0 Å². The second-order valence-corrected chi connectivity index (χ2v) is 5.05. The van der Waals surface area contributed by atoms with Crippen LogP contribution in [0.1, 0.15) is 36.0 Å². The minimum absolute atomic E-state index is 0.0573. The molecule has 0 bridgehead atoms. The molecule has 0 radical (unpaired) electrons. The standard InChI is InChI=1S/C14H19FN2O3/c15-11-8-13(12(16)7-10(11)14(19)20)17(5-6-18)9-3-1-2-4-9/h7-9,18H,1-6,16H2,(H,19,20). The van der Waals surface area contributed by atoms with Crippen LogP contribution in [0, 0.1) is 5.82 Å². The third-order valence-electron chi connectivity index (χ3n) is 3.76. The van der Waals surface area contributed by atoms with E-state index >= 15 is 0 Å². The first-order valence-corrected chi connectivity index (χ1v) is 6.74. The molecule has 1 aliphatic carbocycles. The van der Waals surface area contributed by atoms with Crippen LogP contribution in [0.2, 0.25) is 0 Å². The summed E-state index contributed by atoms with van der Waals surface area (Å²) in [6.45, 7) is 0.305. The summed E-state index contributed by atoms with van der Waals surface area (Å²) in [6.07, 6.45) is 4.15. The van der Waals surface area contributed by atoms with Crippen LogP contribution >= 0.6 is 0 Å². The number of carboxylic acids is 1. The van der Waals surface area contributed by atoms with E-state index in [-0.39, 0.29) is 18.3 Å². The van der Waals surface area contributed by atoms with Gasteiger partial charge in [-0.05, 0) is 18.9 Å². The number of nitrogens with two attached hydrogens (primary N) is 1. The van der Waals surface area contributed by atoms with Crippen LogP contribution in [0.4, 0.5) is 15.8 Å². The van der Waals surface area contributed by atoms with E-state index in [0.717, 1.165) is 37.8 Å². The lowest BCUT2D eigenvalue weighted by Gasteiger charge is -2.31. The number of nitrogen functional groups attached to an aromatic ring is 1. The number of carboxylic acid groups (broad SMARTS) is 1. The van der Waals surface area contributed by atoms with Gasteiger partial charge in [0.15, 0.2) is 0 Å². The summed E-state index contributed by atoms with van der Waals surface area (Å²) < 4.78 is 13.8. The van der Waals surface area contributed by atoms with Crippen molar-refractivity contribution in [1.82, 2.24) is 0 Å². The topological polar surface area (TPSA) is 86.8 Å². The van der Waals surface area contributed by atoms with Crippen molar-refractivity contribution in [1.29, 1.82) is 0 Å². The summed E-state index contributed by atoms with van der Waals surface area (Å²) in [5.41, 5.74) is 6.14. The molecular weight excluding hydrogens is 263 g/mol. The van der Waals surface area contributed by atoms with E-state index in [1.165, 1.54) is 0 Å². The predicted octanol–water partition coefficient (Wildman–Crippen LogP) is 1.85. The molecule has 0 spiro atoms. The molecule has 110 valence electrons. The number of aliphatic hydroxyl groups excluding tert-OH is 1. The smallest absolute Gasteiger partial charge is 0.338 e. The van der Waals surface area contributed by atoms with E-state index in [4.69, 9.17) is 10.8 Å². The maximum absolute atomic E-state index is 13.8. The summed E-state index contributed by atoms with van der Waals surface area (Å²) in [6, 6.07) is 2.53. The Morgan fingerprint density at radius 1 is 1.40 bits per heavy atom. The van der Waals surface area contributed by atoms with Gasteiger partial charge in [0.2, 0.25) is 0 Å². The van der Waals surface area contributed by atoms with Gasteiger partial charge >= 0.3 is 5.97 Å². The highest BCUT2D eigenvalue weighted by atomic mass is 19.1. The quantitative estimate of drug-likeness (QED) is 0.717. The first-order valence-electron chi connectivity index (χ1n) is 6.74. The van der Waals surface area contributed by atoms with Gasteiger partial charge in [-0.3, -0.25) is 0 Å². The Morgan fingerprint density at radius 2 is 2.05 bits per heavy atom. The van der Waals surface area contributed by atoms with Crippen LogP contribution < -0.4 is 10.6 Å². The average Bonchev–Trinajstić information content (AvgIpc) is 2.92. The fraction of sp³-hybridized carbons (Fsp3) is 0.500. The van der Waals surface area contributed by atoms with Gasteiger partial charge in [0.1, 0.15) is 5.82 Å². The van der Waals surface area contributed by atoms with Crippen LogP contribution in [0.15, 0.2) is 12.1 Å². The molecule has 0 aromatic heterocycles. The van der Waals surface area contributed by atoms with Gasteiger partial charge in [-0.1, -0.05) is 12.8 Å². The maximum Gasteiger partial charge on any atom is 0.338 e. The van der Waals surface area contributed by atoms with E-state index in [0.29, 0.717) is 12.2 Å². The fourth-order valence-electron chi connectivity index (χ4n) is 2.82.